The summed E-state index contributed by atoms with van der Waals surface area (Å²) < 4.78 is 2.12. The molecule has 3 heteroatoms. The second-order valence-corrected chi connectivity index (χ2v) is 6.37. The van der Waals surface area contributed by atoms with Crippen molar-refractivity contribution in [3.63, 3.8) is 0 Å². The fourth-order valence-corrected chi connectivity index (χ4v) is 3.11. The molecule has 1 aromatic heterocycles. The molecular formula is C18H27N3. The predicted octanol–water partition coefficient (Wildman–Crippen LogP) is 3.36. The first-order valence-electron chi connectivity index (χ1n) is 7.64. The van der Waals surface area contributed by atoms with Crippen molar-refractivity contribution in [2.45, 2.75) is 60.5 Å². The van der Waals surface area contributed by atoms with E-state index in [4.69, 9.17) is 10.8 Å². The van der Waals surface area contributed by atoms with Gasteiger partial charge in [-0.1, -0.05) is 17.7 Å². The quantitative estimate of drug-likeness (QED) is 0.936. The molecule has 3 nitrogen and oxygen atoms in total. The van der Waals surface area contributed by atoms with Crippen molar-refractivity contribution in [1.82, 2.24) is 9.78 Å². The zero-order chi connectivity index (χ0) is 15.7. The molecule has 0 amide bonds. The lowest BCUT2D eigenvalue weighted by molar-refractivity contribution is 0.651. The smallest absolute Gasteiger partial charge is 0.0667 e. The number of hydrogen-bond donors (Lipinski definition) is 1. The number of aryl methyl sites for hydroxylation is 4. The van der Waals surface area contributed by atoms with Crippen LogP contribution in [0.25, 0.3) is 0 Å². The van der Waals surface area contributed by atoms with Gasteiger partial charge in [-0.2, -0.15) is 5.10 Å². The molecule has 0 saturated heterocycles. The molecule has 0 aliphatic rings. The molecule has 0 spiro atoms. The minimum Gasteiger partial charge on any atom is -0.328 e. The molecule has 0 saturated carbocycles. The van der Waals surface area contributed by atoms with Gasteiger partial charge in [-0.15, -0.1) is 0 Å². The van der Waals surface area contributed by atoms with E-state index in [9.17, 15) is 0 Å². The van der Waals surface area contributed by atoms with Gasteiger partial charge >= 0.3 is 0 Å². The number of nitrogens with zero attached hydrogens (tertiary/aromatic N) is 2. The van der Waals surface area contributed by atoms with Crippen LogP contribution < -0.4 is 5.73 Å². The van der Waals surface area contributed by atoms with Gasteiger partial charge in [-0.25, -0.2) is 0 Å². The predicted molar refractivity (Wildman–Crippen MR) is 88.8 cm³/mol. The van der Waals surface area contributed by atoms with E-state index in [1.54, 1.807) is 0 Å². The molecule has 0 radical (unpaired) electrons. The van der Waals surface area contributed by atoms with Crippen molar-refractivity contribution >= 4 is 0 Å². The van der Waals surface area contributed by atoms with E-state index < -0.39 is 0 Å². The van der Waals surface area contributed by atoms with Crippen LogP contribution in [0.3, 0.4) is 0 Å². The second-order valence-electron chi connectivity index (χ2n) is 6.37. The Morgan fingerprint density at radius 1 is 1.05 bits per heavy atom. The third-order valence-electron chi connectivity index (χ3n) is 4.21. The lowest BCUT2D eigenvalue weighted by atomic mass is 10.00. The van der Waals surface area contributed by atoms with Gasteiger partial charge in [-0.05, 0) is 70.2 Å². The Balaban J connectivity index is 2.37. The summed E-state index contributed by atoms with van der Waals surface area (Å²) in [4.78, 5) is 0. The molecule has 0 bridgehead atoms. The van der Waals surface area contributed by atoms with E-state index in [0.29, 0.717) is 0 Å². The van der Waals surface area contributed by atoms with Gasteiger partial charge in [0.1, 0.15) is 0 Å². The molecule has 2 aromatic rings. The van der Waals surface area contributed by atoms with Crippen LogP contribution >= 0.6 is 0 Å². The van der Waals surface area contributed by atoms with Gasteiger partial charge in [0, 0.05) is 11.7 Å². The maximum absolute atomic E-state index is 5.95. The number of rotatable bonds is 4. The monoisotopic (exact) mass is 285 g/mol. The van der Waals surface area contributed by atoms with E-state index >= 15 is 0 Å². The average molecular weight is 285 g/mol. The van der Waals surface area contributed by atoms with Crippen molar-refractivity contribution in [3.05, 3.63) is 51.3 Å². The lowest BCUT2D eigenvalue weighted by Crippen LogP contribution is -2.18. The molecule has 2 rings (SSSR count). The van der Waals surface area contributed by atoms with Crippen LogP contribution in [0.2, 0.25) is 0 Å². The van der Waals surface area contributed by atoms with Gasteiger partial charge in [0.15, 0.2) is 0 Å². The SMILES string of the molecule is Cc1cc(C)c(Cn2nc(C)c(CC(C)N)c2C)c(C)c1. The third-order valence-corrected chi connectivity index (χ3v) is 4.21. The van der Waals surface area contributed by atoms with E-state index in [2.05, 4.69) is 51.4 Å². The molecule has 21 heavy (non-hydrogen) atoms. The standard InChI is InChI=1S/C18H27N3/c1-11-7-12(2)18(13(3)8-11)10-21-16(6)17(9-14(4)19)15(5)20-21/h7-8,14H,9-10,19H2,1-6H3. The minimum absolute atomic E-state index is 0.169. The lowest BCUT2D eigenvalue weighted by Gasteiger charge is -2.13. The molecule has 1 unspecified atom stereocenters. The van der Waals surface area contributed by atoms with Crippen molar-refractivity contribution in [2.24, 2.45) is 5.73 Å². The van der Waals surface area contributed by atoms with Crippen molar-refractivity contribution in [2.75, 3.05) is 0 Å². The molecular weight excluding hydrogens is 258 g/mol. The first-order valence-corrected chi connectivity index (χ1v) is 7.64. The van der Waals surface area contributed by atoms with Crippen LogP contribution in [0.5, 0.6) is 0 Å². The Bertz CT molecular complexity index is 628. The highest BCUT2D eigenvalue weighted by atomic mass is 15.3. The number of hydrogen-bond acceptors (Lipinski definition) is 2. The maximum atomic E-state index is 5.95. The van der Waals surface area contributed by atoms with Crippen LogP contribution in [0.1, 0.15) is 46.1 Å². The Morgan fingerprint density at radius 3 is 2.14 bits per heavy atom. The first-order chi connectivity index (χ1) is 9.79. The Hall–Kier alpha value is -1.61. The highest BCUT2D eigenvalue weighted by Crippen LogP contribution is 2.21. The van der Waals surface area contributed by atoms with Gasteiger partial charge in [0.05, 0.1) is 12.2 Å². The summed E-state index contributed by atoms with van der Waals surface area (Å²) in [7, 11) is 0. The molecule has 114 valence electrons. The minimum atomic E-state index is 0.169. The van der Waals surface area contributed by atoms with Gasteiger partial charge in [0.25, 0.3) is 0 Å². The van der Waals surface area contributed by atoms with Crippen LogP contribution in [0, 0.1) is 34.6 Å². The van der Waals surface area contributed by atoms with Crippen molar-refractivity contribution < 1.29 is 0 Å². The Labute approximate surface area is 128 Å². The highest BCUT2D eigenvalue weighted by molar-refractivity contribution is 5.38. The Kier molecular flexibility index (Phi) is 4.52. The summed E-state index contributed by atoms with van der Waals surface area (Å²) in [6, 6.07) is 4.66. The second kappa shape index (κ2) is 6.02. The molecule has 0 aliphatic heterocycles. The normalized spacial score (nSPS) is 12.7. The summed E-state index contributed by atoms with van der Waals surface area (Å²) in [5.41, 5.74) is 15.0. The summed E-state index contributed by atoms with van der Waals surface area (Å²) in [5.74, 6) is 0. The highest BCUT2D eigenvalue weighted by Gasteiger charge is 2.14. The first kappa shape index (κ1) is 15.8. The largest absolute Gasteiger partial charge is 0.328 e. The summed E-state index contributed by atoms with van der Waals surface area (Å²) in [5, 5.41) is 4.72. The van der Waals surface area contributed by atoms with E-state index in [-0.39, 0.29) is 6.04 Å². The molecule has 0 fully saturated rings. The van der Waals surface area contributed by atoms with E-state index in [0.717, 1.165) is 18.7 Å². The molecule has 1 heterocycles. The van der Waals surface area contributed by atoms with E-state index in [1.807, 2.05) is 6.92 Å². The van der Waals surface area contributed by atoms with E-state index in [1.165, 1.54) is 33.5 Å². The van der Waals surface area contributed by atoms with Gasteiger partial charge < -0.3 is 5.73 Å². The third kappa shape index (κ3) is 3.35. The Morgan fingerprint density at radius 2 is 1.62 bits per heavy atom. The molecule has 1 aromatic carbocycles. The summed E-state index contributed by atoms with van der Waals surface area (Å²) >= 11 is 0. The molecule has 1 atom stereocenters. The van der Waals surface area contributed by atoms with Crippen LogP contribution in [-0.4, -0.2) is 15.8 Å². The average Bonchev–Trinajstić information content (AvgIpc) is 2.61. The maximum Gasteiger partial charge on any atom is 0.0667 e. The fourth-order valence-electron chi connectivity index (χ4n) is 3.11. The van der Waals surface area contributed by atoms with Crippen molar-refractivity contribution in [3.8, 4) is 0 Å². The fraction of sp³-hybridized carbons (Fsp3) is 0.500. The number of benzene rings is 1. The van der Waals surface area contributed by atoms with Crippen LogP contribution in [-0.2, 0) is 13.0 Å². The zero-order valence-electron chi connectivity index (χ0n) is 14.1. The van der Waals surface area contributed by atoms with Gasteiger partial charge in [0.2, 0.25) is 0 Å². The summed E-state index contributed by atoms with van der Waals surface area (Å²) in [6.07, 6.45) is 0.892. The van der Waals surface area contributed by atoms with Crippen molar-refractivity contribution in [1.29, 1.82) is 0 Å². The van der Waals surface area contributed by atoms with Gasteiger partial charge in [-0.3, -0.25) is 4.68 Å². The molecule has 0 aliphatic carbocycles. The van der Waals surface area contributed by atoms with Crippen LogP contribution in [0.15, 0.2) is 12.1 Å². The number of nitrogens with two attached hydrogens (primary N) is 1. The molecule has 2 N–H and O–H groups in total. The number of aromatic nitrogens is 2. The summed E-state index contributed by atoms with van der Waals surface area (Å²) in [6.45, 7) is 13.6. The van der Waals surface area contributed by atoms with Crippen LogP contribution in [0.4, 0.5) is 0 Å². The zero-order valence-corrected chi connectivity index (χ0v) is 14.1. The topological polar surface area (TPSA) is 43.8 Å².